The lowest BCUT2D eigenvalue weighted by Gasteiger charge is -2.26. The van der Waals surface area contributed by atoms with E-state index in [1.165, 1.54) is 6.20 Å². The van der Waals surface area contributed by atoms with Crippen molar-refractivity contribution < 1.29 is 9.90 Å². The summed E-state index contributed by atoms with van der Waals surface area (Å²) in [5, 5.41) is 19.0. The predicted octanol–water partition coefficient (Wildman–Crippen LogP) is 0.949. The van der Waals surface area contributed by atoms with Gasteiger partial charge in [0.2, 0.25) is 5.95 Å². The lowest BCUT2D eigenvalue weighted by atomic mass is 9.82. The van der Waals surface area contributed by atoms with E-state index in [9.17, 15) is 9.59 Å². The van der Waals surface area contributed by atoms with Crippen LogP contribution in [0, 0.1) is 11.8 Å². The Morgan fingerprint density at radius 2 is 2.14 bits per heavy atom. The molecule has 0 aliphatic heterocycles. The Labute approximate surface area is 120 Å². The van der Waals surface area contributed by atoms with Crippen LogP contribution >= 0.6 is 0 Å². The van der Waals surface area contributed by atoms with Gasteiger partial charge >= 0.3 is 5.97 Å². The van der Waals surface area contributed by atoms with Gasteiger partial charge in [-0.1, -0.05) is 0 Å². The van der Waals surface area contributed by atoms with Crippen molar-refractivity contribution in [3.63, 3.8) is 0 Å². The zero-order valence-electron chi connectivity index (χ0n) is 11.4. The van der Waals surface area contributed by atoms with Crippen molar-refractivity contribution in [2.24, 2.45) is 11.8 Å². The monoisotopic (exact) mass is 291 g/mol. The third-order valence-electron chi connectivity index (χ3n) is 4.07. The molecule has 0 spiro atoms. The molecular formula is C13H17N5O3. The van der Waals surface area contributed by atoms with Gasteiger partial charge in [-0.05, 0) is 31.6 Å². The second-order valence-corrected chi connectivity index (χ2v) is 5.48. The van der Waals surface area contributed by atoms with Crippen LogP contribution in [0.2, 0.25) is 0 Å². The summed E-state index contributed by atoms with van der Waals surface area (Å²) < 4.78 is 0. The molecule has 3 rings (SSSR count). The molecule has 4 N–H and O–H groups in total. The highest BCUT2D eigenvalue weighted by Crippen LogP contribution is 2.28. The van der Waals surface area contributed by atoms with Gasteiger partial charge in [-0.15, -0.1) is 0 Å². The lowest BCUT2D eigenvalue weighted by molar-refractivity contribution is -0.143. The molecule has 0 saturated heterocycles. The van der Waals surface area contributed by atoms with E-state index in [-0.39, 0.29) is 11.5 Å². The Bertz CT molecular complexity index is 699. The van der Waals surface area contributed by atoms with Crippen LogP contribution in [-0.2, 0) is 4.79 Å². The SMILES string of the molecule is O=C(O)C1CCC(CNc2nc3[nH]ncc3c(=O)[nH]2)CC1. The van der Waals surface area contributed by atoms with Gasteiger partial charge < -0.3 is 10.4 Å². The number of fused-ring (bicyclic) bond motifs is 1. The summed E-state index contributed by atoms with van der Waals surface area (Å²) in [5.41, 5.74) is 0.224. The Morgan fingerprint density at radius 3 is 2.86 bits per heavy atom. The molecule has 1 aliphatic rings. The highest BCUT2D eigenvalue weighted by molar-refractivity contribution is 5.73. The fraction of sp³-hybridized carbons (Fsp3) is 0.538. The minimum absolute atomic E-state index is 0.208. The summed E-state index contributed by atoms with van der Waals surface area (Å²) in [5.74, 6) is -0.0851. The topological polar surface area (TPSA) is 124 Å². The maximum absolute atomic E-state index is 11.8. The van der Waals surface area contributed by atoms with Crippen molar-refractivity contribution >= 4 is 23.0 Å². The van der Waals surface area contributed by atoms with Crippen LogP contribution in [0.4, 0.5) is 5.95 Å². The van der Waals surface area contributed by atoms with Gasteiger partial charge in [-0.25, -0.2) is 0 Å². The summed E-state index contributed by atoms with van der Waals surface area (Å²) in [4.78, 5) is 29.6. The highest BCUT2D eigenvalue weighted by atomic mass is 16.4. The van der Waals surface area contributed by atoms with Crippen LogP contribution in [0.5, 0.6) is 0 Å². The number of aliphatic carboxylic acids is 1. The lowest BCUT2D eigenvalue weighted by Crippen LogP contribution is -2.26. The number of carbonyl (C=O) groups is 1. The number of rotatable bonds is 4. The first-order chi connectivity index (χ1) is 10.1. The summed E-state index contributed by atoms with van der Waals surface area (Å²) in [7, 11) is 0. The zero-order chi connectivity index (χ0) is 14.8. The average Bonchev–Trinajstić information content (AvgIpc) is 2.94. The number of nitrogens with one attached hydrogen (secondary N) is 3. The molecule has 0 radical (unpaired) electrons. The standard InChI is InChI=1S/C13H17N5O3/c19-11-9-6-15-18-10(9)16-13(17-11)14-5-7-1-3-8(4-2-7)12(20)21/h6-8H,1-5H2,(H,20,21)(H3,14,15,16,17,18,19). The van der Waals surface area contributed by atoms with Crippen LogP contribution < -0.4 is 10.9 Å². The summed E-state index contributed by atoms with van der Waals surface area (Å²) >= 11 is 0. The summed E-state index contributed by atoms with van der Waals surface area (Å²) in [6, 6.07) is 0. The largest absolute Gasteiger partial charge is 0.481 e. The second kappa shape index (κ2) is 5.55. The van der Waals surface area contributed by atoms with Crippen LogP contribution in [0.15, 0.2) is 11.0 Å². The van der Waals surface area contributed by atoms with E-state index < -0.39 is 5.97 Å². The van der Waals surface area contributed by atoms with Gasteiger partial charge in [0, 0.05) is 6.54 Å². The first kappa shape index (κ1) is 13.6. The van der Waals surface area contributed by atoms with Crippen molar-refractivity contribution in [2.75, 3.05) is 11.9 Å². The number of aromatic amines is 2. The van der Waals surface area contributed by atoms with Gasteiger partial charge in [0.1, 0.15) is 5.39 Å². The van der Waals surface area contributed by atoms with E-state index in [1.807, 2.05) is 0 Å². The molecule has 2 aromatic heterocycles. The molecule has 0 unspecified atom stereocenters. The van der Waals surface area contributed by atoms with Crippen LogP contribution in [0.25, 0.3) is 11.0 Å². The number of H-pyrrole nitrogens is 2. The highest BCUT2D eigenvalue weighted by Gasteiger charge is 2.25. The Balaban J connectivity index is 1.60. The minimum Gasteiger partial charge on any atom is -0.481 e. The van der Waals surface area contributed by atoms with Crippen LogP contribution in [0.1, 0.15) is 25.7 Å². The normalized spacial score (nSPS) is 22.3. The fourth-order valence-electron chi connectivity index (χ4n) is 2.78. The van der Waals surface area contributed by atoms with Gasteiger partial charge in [0.05, 0.1) is 12.1 Å². The predicted molar refractivity (Wildman–Crippen MR) is 76.1 cm³/mol. The van der Waals surface area contributed by atoms with E-state index >= 15 is 0 Å². The smallest absolute Gasteiger partial charge is 0.306 e. The van der Waals surface area contributed by atoms with Crippen molar-refractivity contribution in [1.82, 2.24) is 20.2 Å². The molecule has 112 valence electrons. The molecule has 1 saturated carbocycles. The molecule has 2 aromatic rings. The number of aromatic nitrogens is 4. The van der Waals surface area contributed by atoms with Crippen molar-refractivity contribution in [3.05, 3.63) is 16.6 Å². The second-order valence-electron chi connectivity index (χ2n) is 5.48. The van der Waals surface area contributed by atoms with E-state index in [1.54, 1.807) is 0 Å². The van der Waals surface area contributed by atoms with E-state index in [2.05, 4.69) is 25.5 Å². The molecule has 8 heteroatoms. The van der Waals surface area contributed by atoms with Crippen molar-refractivity contribution in [2.45, 2.75) is 25.7 Å². The van der Waals surface area contributed by atoms with Gasteiger partial charge in [0.25, 0.3) is 5.56 Å². The molecule has 1 aliphatic carbocycles. The Morgan fingerprint density at radius 1 is 1.38 bits per heavy atom. The minimum atomic E-state index is -0.697. The number of hydrogen-bond donors (Lipinski definition) is 4. The molecule has 8 nitrogen and oxygen atoms in total. The van der Waals surface area contributed by atoms with Crippen molar-refractivity contribution in [1.29, 1.82) is 0 Å². The van der Waals surface area contributed by atoms with Crippen molar-refractivity contribution in [3.8, 4) is 0 Å². The number of carboxylic acid groups (broad SMARTS) is 1. The molecule has 21 heavy (non-hydrogen) atoms. The van der Waals surface area contributed by atoms with E-state index in [0.29, 0.717) is 42.3 Å². The van der Waals surface area contributed by atoms with Gasteiger partial charge in [0.15, 0.2) is 5.65 Å². The zero-order valence-corrected chi connectivity index (χ0v) is 11.4. The molecule has 0 amide bonds. The van der Waals surface area contributed by atoms with E-state index in [0.717, 1.165) is 12.8 Å². The first-order valence-corrected chi connectivity index (χ1v) is 7.03. The maximum atomic E-state index is 11.8. The quantitative estimate of drug-likeness (QED) is 0.665. The number of carboxylic acids is 1. The van der Waals surface area contributed by atoms with Gasteiger partial charge in [-0.2, -0.15) is 10.1 Å². The van der Waals surface area contributed by atoms with E-state index in [4.69, 9.17) is 5.11 Å². The third-order valence-corrected chi connectivity index (χ3v) is 4.07. The molecular weight excluding hydrogens is 274 g/mol. The molecule has 1 fully saturated rings. The van der Waals surface area contributed by atoms with Crippen LogP contribution in [-0.4, -0.2) is 37.8 Å². The average molecular weight is 291 g/mol. The third kappa shape index (κ3) is 2.88. The fourth-order valence-corrected chi connectivity index (χ4v) is 2.78. The maximum Gasteiger partial charge on any atom is 0.306 e. The number of anilines is 1. The van der Waals surface area contributed by atoms with Crippen LogP contribution in [0.3, 0.4) is 0 Å². The molecule has 2 heterocycles. The molecule has 0 aromatic carbocycles. The molecule has 0 bridgehead atoms. The summed E-state index contributed by atoms with van der Waals surface area (Å²) in [6.45, 7) is 0.676. The Kier molecular flexibility index (Phi) is 3.59. The Hall–Kier alpha value is -2.38. The summed E-state index contributed by atoms with van der Waals surface area (Å²) in [6.07, 6.45) is 4.62. The number of hydrogen-bond acceptors (Lipinski definition) is 5. The first-order valence-electron chi connectivity index (χ1n) is 7.03. The molecule has 0 atom stereocenters. The van der Waals surface area contributed by atoms with Gasteiger partial charge in [-0.3, -0.25) is 19.7 Å². The number of nitrogens with zero attached hydrogens (tertiary/aromatic N) is 2.